The van der Waals surface area contributed by atoms with Crippen LogP contribution < -0.4 is 0 Å². The van der Waals surface area contributed by atoms with Gasteiger partial charge in [-0.2, -0.15) is 0 Å². The summed E-state index contributed by atoms with van der Waals surface area (Å²) in [5, 5.41) is 0. The molecule has 1 aromatic rings. The van der Waals surface area contributed by atoms with Gasteiger partial charge in [-0.25, -0.2) is 9.18 Å². The van der Waals surface area contributed by atoms with Crippen molar-refractivity contribution >= 4 is 11.7 Å². The van der Waals surface area contributed by atoms with Crippen molar-refractivity contribution in [1.82, 2.24) is 4.90 Å². The molecule has 1 heterocycles. The van der Waals surface area contributed by atoms with E-state index in [0.29, 0.717) is 25.1 Å². The minimum atomic E-state index is -0.497. The number of nitrogens with zero attached hydrogens (tertiary/aromatic N) is 1. The van der Waals surface area contributed by atoms with Gasteiger partial charge in [-0.15, -0.1) is 0 Å². The number of carbonyl (C=O) groups excluding carboxylic acids is 1. The lowest BCUT2D eigenvalue weighted by Gasteiger charge is -2.30. The second-order valence-electron chi connectivity index (χ2n) is 6.34. The van der Waals surface area contributed by atoms with E-state index < -0.39 is 5.60 Å². The Morgan fingerprint density at radius 2 is 2.05 bits per heavy atom. The number of halogens is 1. The topological polar surface area (TPSA) is 29.5 Å². The normalized spacial score (nSPS) is 15.7. The number of amides is 1. The van der Waals surface area contributed by atoms with Crippen molar-refractivity contribution in [3.8, 4) is 0 Å². The highest BCUT2D eigenvalue weighted by molar-refractivity contribution is 5.74. The molecule has 0 spiro atoms. The Bertz CT molecular complexity index is 552. The van der Waals surface area contributed by atoms with Crippen LogP contribution >= 0.6 is 0 Å². The zero-order valence-corrected chi connectivity index (χ0v) is 13.1. The van der Waals surface area contributed by atoms with E-state index >= 15 is 0 Å². The second kappa shape index (κ2) is 5.88. The van der Waals surface area contributed by atoms with E-state index in [9.17, 15) is 9.18 Å². The molecule has 4 heteroatoms. The first kappa shape index (κ1) is 15.5. The highest BCUT2D eigenvalue weighted by Gasteiger charge is 2.24. The molecule has 0 radical (unpaired) electrons. The van der Waals surface area contributed by atoms with Gasteiger partial charge in [-0.1, -0.05) is 18.2 Å². The first-order valence-electron chi connectivity index (χ1n) is 7.20. The second-order valence-corrected chi connectivity index (χ2v) is 6.34. The summed E-state index contributed by atoms with van der Waals surface area (Å²) in [5.41, 5.74) is 2.06. The summed E-state index contributed by atoms with van der Waals surface area (Å²) in [6.07, 6.45) is 2.24. The van der Waals surface area contributed by atoms with Crippen LogP contribution in [0.2, 0.25) is 0 Å². The molecule has 0 aliphatic carbocycles. The van der Waals surface area contributed by atoms with E-state index in [2.05, 4.69) is 0 Å². The maximum atomic E-state index is 14.0. The van der Waals surface area contributed by atoms with E-state index in [0.717, 1.165) is 11.1 Å². The Balaban J connectivity index is 2.11. The third-order valence-electron chi connectivity index (χ3n) is 3.40. The molecule has 0 unspecified atom stereocenters. The number of ether oxygens (including phenoxy) is 1. The maximum Gasteiger partial charge on any atom is 0.410 e. The van der Waals surface area contributed by atoms with Crippen molar-refractivity contribution in [1.29, 1.82) is 0 Å². The average Bonchev–Trinajstić information content (AvgIpc) is 2.37. The summed E-state index contributed by atoms with van der Waals surface area (Å²) in [7, 11) is 0. The first-order valence-corrected chi connectivity index (χ1v) is 7.20. The monoisotopic (exact) mass is 291 g/mol. The molecular formula is C17H22FNO2. The molecule has 0 saturated carbocycles. The molecule has 0 N–H and O–H groups in total. The Morgan fingerprint density at radius 1 is 1.33 bits per heavy atom. The van der Waals surface area contributed by atoms with Crippen LogP contribution in [0.4, 0.5) is 9.18 Å². The van der Waals surface area contributed by atoms with Crippen molar-refractivity contribution in [3.63, 3.8) is 0 Å². The Hall–Kier alpha value is -1.84. The van der Waals surface area contributed by atoms with Gasteiger partial charge in [0.2, 0.25) is 0 Å². The number of rotatable bonds is 1. The molecular weight excluding hydrogens is 269 g/mol. The van der Waals surface area contributed by atoms with Gasteiger partial charge in [0.25, 0.3) is 0 Å². The minimum Gasteiger partial charge on any atom is -0.444 e. The molecule has 21 heavy (non-hydrogen) atoms. The van der Waals surface area contributed by atoms with Crippen molar-refractivity contribution in [2.75, 3.05) is 13.1 Å². The van der Waals surface area contributed by atoms with Gasteiger partial charge in [0.15, 0.2) is 0 Å². The Kier molecular flexibility index (Phi) is 4.35. The smallest absolute Gasteiger partial charge is 0.410 e. The quantitative estimate of drug-likeness (QED) is 0.777. The van der Waals surface area contributed by atoms with Crippen LogP contribution in [0, 0.1) is 12.7 Å². The van der Waals surface area contributed by atoms with Crippen molar-refractivity contribution < 1.29 is 13.9 Å². The van der Waals surface area contributed by atoms with Gasteiger partial charge in [-0.05, 0) is 51.3 Å². The van der Waals surface area contributed by atoms with E-state index in [1.165, 1.54) is 6.07 Å². The van der Waals surface area contributed by atoms with Gasteiger partial charge < -0.3 is 9.64 Å². The Morgan fingerprint density at radius 3 is 2.57 bits per heavy atom. The molecule has 114 valence electrons. The number of benzene rings is 1. The molecule has 0 saturated heterocycles. The van der Waals surface area contributed by atoms with Crippen LogP contribution in [0.15, 0.2) is 24.3 Å². The molecule has 0 aromatic heterocycles. The van der Waals surface area contributed by atoms with Gasteiger partial charge in [0.05, 0.1) is 0 Å². The summed E-state index contributed by atoms with van der Waals surface area (Å²) in [4.78, 5) is 13.6. The molecule has 0 bridgehead atoms. The summed E-state index contributed by atoms with van der Waals surface area (Å²) in [6.45, 7) is 8.45. The lowest BCUT2D eigenvalue weighted by molar-refractivity contribution is 0.0270. The fourth-order valence-corrected chi connectivity index (χ4v) is 2.43. The highest BCUT2D eigenvalue weighted by Crippen LogP contribution is 2.28. The van der Waals surface area contributed by atoms with Crippen LogP contribution in [0.5, 0.6) is 0 Å². The van der Waals surface area contributed by atoms with Gasteiger partial charge in [0.1, 0.15) is 11.4 Å². The van der Waals surface area contributed by atoms with Gasteiger partial charge in [-0.3, -0.25) is 0 Å². The summed E-state index contributed by atoms with van der Waals surface area (Å²) in [6, 6.07) is 5.09. The molecule has 1 amide bonds. The van der Waals surface area contributed by atoms with Crippen LogP contribution in [0.1, 0.15) is 38.3 Å². The molecule has 0 atom stereocenters. The fraction of sp³-hybridized carbons (Fsp3) is 0.471. The minimum absolute atomic E-state index is 0.202. The zero-order valence-electron chi connectivity index (χ0n) is 13.1. The molecule has 0 fully saturated rings. The number of hydrogen-bond donors (Lipinski definition) is 0. The molecule has 3 nitrogen and oxygen atoms in total. The van der Waals surface area contributed by atoms with E-state index in [1.807, 2.05) is 39.8 Å². The van der Waals surface area contributed by atoms with Crippen LogP contribution in [0.3, 0.4) is 0 Å². The summed E-state index contributed by atoms with van der Waals surface area (Å²) in [5.74, 6) is -0.202. The number of hydrogen-bond acceptors (Lipinski definition) is 2. The molecule has 1 aromatic carbocycles. The van der Waals surface area contributed by atoms with E-state index in [4.69, 9.17) is 4.74 Å². The maximum absolute atomic E-state index is 14.0. The van der Waals surface area contributed by atoms with Crippen molar-refractivity contribution in [2.45, 2.75) is 39.7 Å². The van der Waals surface area contributed by atoms with Crippen LogP contribution in [-0.4, -0.2) is 29.7 Å². The van der Waals surface area contributed by atoms with Crippen molar-refractivity contribution in [3.05, 3.63) is 41.2 Å². The lowest BCUT2D eigenvalue weighted by Crippen LogP contribution is -2.39. The van der Waals surface area contributed by atoms with E-state index in [-0.39, 0.29) is 11.9 Å². The summed E-state index contributed by atoms with van der Waals surface area (Å²) >= 11 is 0. The highest BCUT2D eigenvalue weighted by atomic mass is 19.1. The van der Waals surface area contributed by atoms with Crippen LogP contribution in [-0.2, 0) is 4.74 Å². The first-order chi connectivity index (χ1) is 9.78. The summed E-state index contributed by atoms with van der Waals surface area (Å²) < 4.78 is 19.3. The van der Waals surface area contributed by atoms with Crippen molar-refractivity contribution in [2.24, 2.45) is 0 Å². The van der Waals surface area contributed by atoms with Crippen LogP contribution in [0.25, 0.3) is 5.57 Å². The van der Waals surface area contributed by atoms with Gasteiger partial charge >= 0.3 is 6.09 Å². The lowest BCUT2D eigenvalue weighted by atomic mass is 9.95. The van der Waals surface area contributed by atoms with Gasteiger partial charge in [0, 0.05) is 18.7 Å². The number of carbonyl (C=O) groups is 1. The largest absolute Gasteiger partial charge is 0.444 e. The SMILES string of the molecule is Cc1cccc(F)c1C1=CCN(C(=O)OC(C)(C)C)CC1. The fourth-order valence-electron chi connectivity index (χ4n) is 2.43. The zero-order chi connectivity index (χ0) is 15.6. The molecule has 2 rings (SSSR count). The molecule has 1 aliphatic rings. The predicted octanol–water partition coefficient (Wildman–Crippen LogP) is 4.16. The molecule has 1 aliphatic heterocycles. The average molecular weight is 291 g/mol. The van der Waals surface area contributed by atoms with E-state index in [1.54, 1.807) is 11.0 Å². The standard InChI is InChI=1S/C17H22FNO2/c1-12-6-5-7-14(18)15(12)13-8-10-19(11-9-13)16(20)21-17(2,3)4/h5-8H,9-11H2,1-4H3. The predicted molar refractivity (Wildman–Crippen MR) is 81.5 cm³/mol. The Labute approximate surface area is 125 Å². The third-order valence-corrected chi connectivity index (χ3v) is 3.40. The number of aryl methyl sites for hydroxylation is 1. The third kappa shape index (κ3) is 3.84.